The molecule has 0 bridgehead atoms. The van der Waals surface area contributed by atoms with Crippen LogP contribution in [0.25, 0.3) is 0 Å². The Morgan fingerprint density at radius 3 is 2.92 bits per heavy atom. The molecule has 0 spiro atoms. The highest BCUT2D eigenvalue weighted by Crippen LogP contribution is 2.25. The Kier molecular flexibility index (Phi) is 4.44. The average molecular weight is 328 g/mol. The van der Waals surface area contributed by atoms with Crippen molar-refractivity contribution in [3.63, 3.8) is 0 Å². The zero-order valence-electron chi connectivity index (χ0n) is 14.1. The lowest BCUT2D eigenvalue weighted by atomic mass is 10.2. The summed E-state index contributed by atoms with van der Waals surface area (Å²) in [5.41, 5.74) is 1.21. The number of aryl methyl sites for hydroxylation is 1. The van der Waals surface area contributed by atoms with Crippen LogP contribution in [0.15, 0.2) is 24.7 Å². The molecule has 4 rings (SSSR count). The highest BCUT2D eigenvalue weighted by atomic mass is 16.5. The largest absolute Gasteiger partial charge is 0.378 e. The normalized spacial score (nSPS) is 22.2. The lowest BCUT2D eigenvalue weighted by Gasteiger charge is -2.34. The first kappa shape index (κ1) is 15.5. The fourth-order valence-electron chi connectivity index (χ4n) is 3.50. The third-order valence-corrected chi connectivity index (χ3v) is 4.77. The van der Waals surface area contributed by atoms with Crippen LogP contribution in [0.5, 0.6) is 0 Å². The van der Waals surface area contributed by atoms with E-state index in [1.807, 2.05) is 30.2 Å². The average Bonchev–Trinajstić information content (AvgIpc) is 3.28. The number of hydrogen-bond donors (Lipinski definition) is 0. The minimum Gasteiger partial charge on any atom is -0.378 e. The topological polar surface area (TPSA) is 59.3 Å². The first-order valence-electron chi connectivity index (χ1n) is 8.67. The number of nitrogens with zero attached hydrogens (tertiary/aromatic N) is 6. The van der Waals surface area contributed by atoms with Crippen molar-refractivity contribution < 1.29 is 4.74 Å². The van der Waals surface area contributed by atoms with Gasteiger partial charge in [-0.05, 0) is 18.9 Å². The van der Waals surface area contributed by atoms with Gasteiger partial charge in [-0.2, -0.15) is 5.10 Å². The van der Waals surface area contributed by atoms with E-state index in [0.29, 0.717) is 6.61 Å². The summed E-state index contributed by atoms with van der Waals surface area (Å²) in [4.78, 5) is 14.1. The summed E-state index contributed by atoms with van der Waals surface area (Å²) in [6, 6.07) is 2.12. The summed E-state index contributed by atoms with van der Waals surface area (Å²) in [6.45, 7) is 5.32. The summed E-state index contributed by atoms with van der Waals surface area (Å²) in [5, 5.41) is 4.27. The van der Waals surface area contributed by atoms with Gasteiger partial charge in [0.25, 0.3) is 0 Å². The van der Waals surface area contributed by atoms with E-state index >= 15 is 0 Å². The number of morpholine rings is 1. The minimum atomic E-state index is 0.0986. The van der Waals surface area contributed by atoms with Gasteiger partial charge in [0, 0.05) is 51.2 Å². The molecule has 0 amide bonds. The summed E-state index contributed by atoms with van der Waals surface area (Å²) >= 11 is 0. The molecule has 2 aliphatic heterocycles. The second-order valence-electron chi connectivity index (χ2n) is 6.55. The van der Waals surface area contributed by atoms with Crippen LogP contribution >= 0.6 is 0 Å². The van der Waals surface area contributed by atoms with Gasteiger partial charge in [0.2, 0.25) is 0 Å². The molecule has 2 aliphatic rings. The standard InChI is InChI=1S/C17H24N6O/c1-21-11-14(10-19-21)12-23-8-9-24-13-15(23)17-18-5-4-16(20-17)22-6-2-3-7-22/h4-5,10-11,15H,2-3,6-9,12-13H2,1H3/t15-/m0/s1. The van der Waals surface area contributed by atoms with Gasteiger partial charge in [0.15, 0.2) is 0 Å². The molecule has 2 aromatic heterocycles. The molecule has 4 heterocycles. The Morgan fingerprint density at radius 1 is 1.25 bits per heavy atom. The Labute approximate surface area is 142 Å². The SMILES string of the molecule is Cn1cc(CN2CCOC[C@H]2c2nccc(N3CCCC3)n2)cn1. The van der Waals surface area contributed by atoms with Gasteiger partial charge in [0.1, 0.15) is 11.6 Å². The maximum Gasteiger partial charge on any atom is 0.150 e. The molecule has 0 radical (unpaired) electrons. The molecule has 2 fully saturated rings. The maximum absolute atomic E-state index is 5.72. The molecule has 0 aromatic carbocycles. The quantitative estimate of drug-likeness (QED) is 0.845. The van der Waals surface area contributed by atoms with Gasteiger partial charge in [0.05, 0.1) is 25.5 Å². The van der Waals surface area contributed by atoms with E-state index in [1.165, 1.54) is 18.4 Å². The summed E-state index contributed by atoms with van der Waals surface area (Å²) in [5.74, 6) is 1.91. The van der Waals surface area contributed by atoms with E-state index in [9.17, 15) is 0 Å². The Morgan fingerprint density at radius 2 is 2.12 bits per heavy atom. The van der Waals surface area contributed by atoms with Crippen LogP contribution in [0.3, 0.4) is 0 Å². The molecular weight excluding hydrogens is 304 g/mol. The molecule has 1 atom stereocenters. The fraction of sp³-hybridized carbons (Fsp3) is 0.588. The second-order valence-corrected chi connectivity index (χ2v) is 6.55. The lowest BCUT2D eigenvalue weighted by Crippen LogP contribution is -2.40. The molecule has 128 valence electrons. The van der Waals surface area contributed by atoms with Crippen molar-refractivity contribution in [1.29, 1.82) is 0 Å². The van der Waals surface area contributed by atoms with Crippen LogP contribution in [0, 0.1) is 0 Å². The number of rotatable bonds is 4. The summed E-state index contributed by atoms with van der Waals surface area (Å²) < 4.78 is 7.56. The van der Waals surface area contributed by atoms with E-state index in [4.69, 9.17) is 9.72 Å². The molecule has 0 unspecified atom stereocenters. The zero-order chi connectivity index (χ0) is 16.4. The zero-order valence-corrected chi connectivity index (χ0v) is 14.1. The van der Waals surface area contributed by atoms with Crippen molar-refractivity contribution in [3.8, 4) is 0 Å². The van der Waals surface area contributed by atoms with Gasteiger partial charge in [-0.3, -0.25) is 9.58 Å². The van der Waals surface area contributed by atoms with Crippen molar-refractivity contribution in [3.05, 3.63) is 36.0 Å². The summed E-state index contributed by atoms with van der Waals surface area (Å²) in [6.07, 6.45) is 8.37. The fourth-order valence-corrected chi connectivity index (χ4v) is 3.50. The van der Waals surface area contributed by atoms with E-state index in [2.05, 4.69) is 26.1 Å². The van der Waals surface area contributed by atoms with Crippen LogP contribution < -0.4 is 4.90 Å². The third-order valence-electron chi connectivity index (χ3n) is 4.77. The minimum absolute atomic E-state index is 0.0986. The van der Waals surface area contributed by atoms with Crippen LogP contribution in [0.1, 0.15) is 30.3 Å². The number of anilines is 1. The van der Waals surface area contributed by atoms with Gasteiger partial charge in [-0.1, -0.05) is 0 Å². The third kappa shape index (κ3) is 3.27. The molecule has 7 nitrogen and oxygen atoms in total. The molecule has 2 aromatic rings. The molecule has 7 heteroatoms. The van der Waals surface area contributed by atoms with Crippen LogP contribution in [0.2, 0.25) is 0 Å². The Bertz CT molecular complexity index is 681. The van der Waals surface area contributed by atoms with E-state index in [-0.39, 0.29) is 6.04 Å². The molecular formula is C17H24N6O. The van der Waals surface area contributed by atoms with Crippen molar-refractivity contribution in [2.45, 2.75) is 25.4 Å². The van der Waals surface area contributed by atoms with Gasteiger partial charge in [-0.15, -0.1) is 0 Å². The van der Waals surface area contributed by atoms with Gasteiger partial charge < -0.3 is 9.64 Å². The first-order chi connectivity index (χ1) is 11.8. The van der Waals surface area contributed by atoms with Crippen LogP contribution in [-0.4, -0.2) is 57.5 Å². The summed E-state index contributed by atoms with van der Waals surface area (Å²) in [7, 11) is 1.95. The smallest absolute Gasteiger partial charge is 0.150 e. The predicted molar refractivity (Wildman–Crippen MR) is 90.7 cm³/mol. The van der Waals surface area contributed by atoms with E-state index < -0.39 is 0 Å². The number of aromatic nitrogens is 4. The highest BCUT2D eigenvalue weighted by molar-refractivity contribution is 5.38. The van der Waals surface area contributed by atoms with Crippen molar-refractivity contribution in [2.75, 3.05) is 37.7 Å². The van der Waals surface area contributed by atoms with Crippen LogP contribution in [0.4, 0.5) is 5.82 Å². The lowest BCUT2D eigenvalue weighted by molar-refractivity contribution is -0.0159. The molecule has 0 saturated carbocycles. The van der Waals surface area contributed by atoms with Crippen molar-refractivity contribution >= 4 is 5.82 Å². The first-order valence-corrected chi connectivity index (χ1v) is 8.67. The second kappa shape index (κ2) is 6.86. The monoisotopic (exact) mass is 328 g/mol. The molecule has 0 N–H and O–H groups in total. The van der Waals surface area contributed by atoms with E-state index in [1.54, 1.807) is 0 Å². The molecule has 24 heavy (non-hydrogen) atoms. The molecule has 0 aliphatic carbocycles. The van der Waals surface area contributed by atoms with Gasteiger partial charge >= 0.3 is 0 Å². The Balaban J connectivity index is 1.54. The number of hydrogen-bond acceptors (Lipinski definition) is 6. The highest BCUT2D eigenvalue weighted by Gasteiger charge is 2.28. The number of ether oxygens (including phenoxy) is 1. The van der Waals surface area contributed by atoms with Crippen molar-refractivity contribution in [2.24, 2.45) is 7.05 Å². The predicted octanol–water partition coefficient (Wildman–Crippen LogP) is 1.38. The van der Waals surface area contributed by atoms with Crippen LogP contribution in [-0.2, 0) is 18.3 Å². The van der Waals surface area contributed by atoms with Crippen molar-refractivity contribution in [1.82, 2.24) is 24.6 Å². The maximum atomic E-state index is 5.72. The molecule has 2 saturated heterocycles. The van der Waals surface area contributed by atoms with E-state index in [0.717, 1.165) is 44.4 Å². The Hall–Kier alpha value is -1.99. The van der Waals surface area contributed by atoms with Gasteiger partial charge in [-0.25, -0.2) is 9.97 Å².